The summed E-state index contributed by atoms with van der Waals surface area (Å²) in [5.41, 5.74) is 0.320. The summed E-state index contributed by atoms with van der Waals surface area (Å²) in [6, 6.07) is 0. The van der Waals surface area contributed by atoms with Crippen LogP contribution >= 0.6 is 11.8 Å². The smallest absolute Gasteiger partial charge is 0.333 e. The van der Waals surface area contributed by atoms with Crippen LogP contribution in [0.4, 0.5) is 0 Å². The van der Waals surface area contributed by atoms with Crippen LogP contribution in [-0.4, -0.2) is 35.5 Å². The molecule has 6 heteroatoms. The van der Waals surface area contributed by atoms with Gasteiger partial charge in [-0.1, -0.05) is 17.8 Å². The molecule has 0 bridgehead atoms. The number of carbonyl (C=O) groups excluding carboxylic acids is 2. The maximum Gasteiger partial charge on any atom is 0.333 e. The zero-order valence-corrected chi connectivity index (χ0v) is 12.0. The Labute approximate surface area is 116 Å². The van der Waals surface area contributed by atoms with Crippen molar-refractivity contribution in [2.24, 2.45) is 0 Å². The average Bonchev–Trinajstić information content (AvgIpc) is 2.71. The van der Waals surface area contributed by atoms with Gasteiger partial charge in [-0.3, -0.25) is 4.79 Å². The Morgan fingerprint density at radius 2 is 2.37 bits per heavy atom. The van der Waals surface area contributed by atoms with E-state index in [1.54, 1.807) is 6.92 Å². The summed E-state index contributed by atoms with van der Waals surface area (Å²) in [5.74, 6) is -1.07. The molecule has 5 nitrogen and oxygen atoms in total. The van der Waals surface area contributed by atoms with E-state index in [-0.39, 0.29) is 16.5 Å². The number of hydrogen-bond donors (Lipinski definition) is 0. The number of esters is 1. The molecule has 0 N–H and O–H groups in total. The highest BCUT2D eigenvalue weighted by Gasteiger charge is 2.45. The van der Waals surface area contributed by atoms with Gasteiger partial charge in [0.2, 0.25) is 0 Å². The van der Waals surface area contributed by atoms with Gasteiger partial charge in [-0.05, 0) is 13.3 Å². The van der Waals surface area contributed by atoms with E-state index < -0.39 is 5.79 Å². The molecule has 0 amide bonds. The maximum absolute atomic E-state index is 11.7. The quantitative estimate of drug-likeness (QED) is 0.740. The SMILES string of the molecule is CCOC(=O)C1=CCCC2(C1)OCC(SC(C)=O)O2. The van der Waals surface area contributed by atoms with E-state index in [0.717, 1.165) is 11.8 Å². The van der Waals surface area contributed by atoms with Crippen molar-refractivity contribution in [2.75, 3.05) is 13.2 Å². The fourth-order valence-corrected chi connectivity index (χ4v) is 3.02. The monoisotopic (exact) mass is 286 g/mol. The van der Waals surface area contributed by atoms with Crippen LogP contribution < -0.4 is 0 Å². The summed E-state index contributed by atoms with van der Waals surface area (Å²) in [6.45, 7) is 4.01. The maximum atomic E-state index is 11.7. The van der Waals surface area contributed by atoms with E-state index in [1.807, 2.05) is 6.08 Å². The van der Waals surface area contributed by atoms with Crippen molar-refractivity contribution in [3.8, 4) is 0 Å². The second kappa shape index (κ2) is 6.07. The summed E-state index contributed by atoms with van der Waals surface area (Å²) >= 11 is 1.13. The Bertz CT molecular complexity index is 406. The summed E-state index contributed by atoms with van der Waals surface area (Å²) in [4.78, 5) is 22.8. The summed E-state index contributed by atoms with van der Waals surface area (Å²) < 4.78 is 16.5. The normalized spacial score (nSPS) is 30.2. The Kier molecular flexibility index (Phi) is 4.65. The van der Waals surface area contributed by atoms with Crippen LogP contribution in [0.5, 0.6) is 0 Å². The standard InChI is InChI=1S/C13H18O5S/c1-3-16-12(15)10-5-4-6-13(7-10)17-8-11(18-13)19-9(2)14/h5,11H,3-4,6-8H2,1-2H3. The minimum Gasteiger partial charge on any atom is -0.463 e. The molecule has 0 aromatic rings. The van der Waals surface area contributed by atoms with Crippen LogP contribution in [0.25, 0.3) is 0 Å². The largest absolute Gasteiger partial charge is 0.463 e. The predicted octanol–water partition coefficient (Wildman–Crippen LogP) is 2.01. The first-order valence-electron chi connectivity index (χ1n) is 6.40. The lowest BCUT2D eigenvalue weighted by Crippen LogP contribution is -2.35. The Morgan fingerprint density at radius 1 is 1.58 bits per heavy atom. The molecular weight excluding hydrogens is 268 g/mol. The van der Waals surface area contributed by atoms with Crippen molar-refractivity contribution >= 4 is 22.8 Å². The van der Waals surface area contributed by atoms with Crippen LogP contribution in [0.15, 0.2) is 11.6 Å². The molecule has 1 fully saturated rings. The lowest BCUT2D eigenvalue weighted by molar-refractivity contribution is -0.170. The first-order valence-corrected chi connectivity index (χ1v) is 7.28. The van der Waals surface area contributed by atoms with Crippen LogP contribution in [0, 0.1) is 0 Å². The van der Waals surface area contributed by atoms with Gasteiger partial charge in [-0.2, -0.15) is 0 Å². The third kappa shape index (κ3) is 3.58. The minimum absolute atomic E-state index is 0.00242. The van der Waals surface area contributed by atoms with E-state index in [0.29, 0.717) is 38.0 Å². The first kappa shape index (κ1) is 14.6. The fraction of sp³-hybridized carbons (Fsp3) is 0.692. The van der Waals surface area contributed by atoms with Gasteiger partial charge >= 0.3 is 5.97 Å². The average molecular weight is 286 g/mol. The molecule has 1 heterocycles. The van der Waals surface area contributed by atoms with E-state index in [1.165, 1.54) is 6.92 Å². The molecule has 0 radical (unpaired) electrons. The van der Waals surface area contributed by atoms with Crippen molar-refractivity contribution in [2.45, 2.75) is 44.3 Å². The summed E-state index contributed by atoms with van der Waals surface area (Å²) in [7, 11) is 0. The van der Waals surface area contributed by atoms with Gasteiger partial charge in [0.25, 0.3) is 0 Å². The lowest BCUT2D eigenvalue weighted by Gasteiger charge is -2.31. The van der Waals surface area contributed by atoms with Crippen molar-refractivity contribution in [3.05, 3.63) is 11.6 Å². The number of carbonyl (C=O) groups is 2. The van der Waals surface area contributed by atoms with Crippen molar-refractivity contribution in [1.29, 1.82) is 0 Å². The third-order valence-corrected chi connectivity index (χ3v) is 3.87. The topological polar surface area (TPSA) is 61.8 Å². The number of hydrogen-bond acceptors (Lipinski definition) is 6. The number of ether oxygens (including phenoxy) is 3. The zero-order chi connectivity index (χ0) is 13.9. The number of thioether (sulfide) groups is 1. The second-order valence-electron chi connectivity index (χ2n) is 4.54. The zero-order valence-electron chi connectivity index (χ0n) is 11.1. The highest BCUT2D eigenvalue weighted by molar-refractivity contribution is 8.14. The highest BCUT2D eigenvalue weighted by Crippen LogP contribution is 2.40. The van der Waals surface area contributed by atoms with Gasteiger partial charge in [-0.25, -0.2) is 4.79 Å². The molecule has 1 spiro atoms. The molecule has 106 valence electrons. The molecule has 0 saturated carbocycles. The van der Waals surface area contributed by atoms with E-state index in [2.05, 4.69) is 0 Å². The van der Waals surface area contributed by atoms with Crippen LogP contribution in [0.1, 0.15) is 33.1 Å². The molecule has 0 aromatic carbocycles. The molecule has 2 aliphatic rings. The Hall–Kier alpha value is -0.850. The molecule has 1 saturated heterocycles. The highest BCUT2D eigenvalue weighted by atomic mass is 32.2. The molecule has 1 aliphatic heterocycles. The van der Waals surface area contributed by atoms with Crippen LogP contribution in [0.2, 0.25) is 0 Å². The van der Waals surface area contributed by atoms with Crippen molar-refractivity contribution in [3.63, 3.8) is 0 Å². The lowest BCUT2D eigenvalue weighted by atomic mass is 9.93. The molecule has 1 aliphatic carbocycles. The Morgan fingerprint density at radius 3 is 3.05 bits per heavy atom. The van der Waals surface area contributed by atoms with E-state index >= 15 is 0 Å². The number of allylic oxidation sites excluding steroid dienone is 1. The minimum atomic E-state index is -0.760. The molecule has 2 rings (SSSR count). The fourth-order valence-electron chi connectivity index (χ4n) is 2.29. The molecule has 2 atom stereocenters. The molecular formula is C13H18O5S. The van der Waals surface area contributed by atoms with Gasteiger partial charge in [0, 0.05) is 25.3 Å². The molecule has 2 unspecified atom stereocenters. The second-order valence-corrected chi connectivity index (χ2v) is 5.88. The first-order chi connectivity index (χ1) is 9.04. The summed E-state index contributed by atoms with van der Waals surface area (Å²) in [6.07, 6.45) is 3.68. The van der Waals surface area contributed by atoms with Crippen molar-refractivity contribution < 1.29 is 23.8 Å². The van der Waals surface area contributed by atoms with Crippen molar-refractivity contribution in [1.82, 2.24) is 0 Å². The summed E-state index contributed by atoms with van der Waals surface area (Å²) in [5, 5.41) is 0.00242. The Balaban J connectivity index is 1.98. The van der Waals surface area contributed by atoms with Gasteiger partial charge in [0.1, 0.15) is 5.44 Å². The van der Waals surface area contributed by atoms with Gasteiger partial charge < -0.3 is 14.2 Å². The number of rotatable bonds is 3. The third-order valence-electron chi connectivity index (χ3n) is 3.04. The van der Waals surface area contributed by atoms with Gasteiger partial charge in [0.15, 0.2) is 10.9 Å². The van der Waals surface area contributed by atoms with Crippen LogP contribution in [0.3, 0.4) is 0 Å². The predicted molar refractivity (Wildman–Crippen MR) is 70.4 cm³/mol. The van der Waals surface area contributed by atoms with E-state index in [9.17, 15) is 9.59 Å². The molecule has 0 aromatic heterocycles. The van der Waals surface area contributed by atoms with Crippen LogP contribution in [-0.2, 0) is 23.8 Å². The van der Waals surface area contributed by atoms with E-state index in [4.69, 9.17) is 14.2 Å². The molecule has 19 heavy (non-hydrogen) atoms. The van der Waals surface area contributed by atoms with Gasteiger partial charge in [-0.15, -0.1) is 0 Å². The van der Waals surface area contributed by atoms with Gasteiger partial charge in [0.05, 0.1) is 13.2 Å².